The van der Waals surface area contributed by atoms with Gasteiger partial charge in [-0.05, 0) is 37.1 Å². The van der Waals surface area contributed by atoms with E-state index >= 15 is 0 Å². The Morgan fingerprint density at radius 2 is 2.20 bits per heavy atom. The summed E-state index contributed by atoms with van der Waals surface area (Å²) in [7, 11) is 1.90. The third-order valence-corrected chi connectivity index (χ3v) is 3.92. The van der Waals surface area contributed by atoms with Gasteiger partial charge in [0.2, 0.25) is 0 Å². The molecule has 1 aromatic carbocycles. The monoisotopic (exact) mass is 336 g/mol. The van der Waals surface area contributed by atoms with Crippen LogP contribution in [0.15, 0.2) is 28.9 Å². The smallest absolute Gasteiger partial charge is 0.0845 e. The number of halogens is 1. The number of nitrogens with one attached hydrogen (secondary N) is 1. The van der Waals surface area contributed by atoms with Crippen LogP contribution < -0.4 is 5.32 Å². The van der Waals surface area contributed by atoms with Gasteiger partial charge >= 0.3 is 0 Å². The highest BCUT2D eigenvalue weighted by Crippen LogP contribution is 2.26. The van der Waals surface area contributed by atoms with Gasteiger partial charge in [0, 0.05) is 30.2 Å². The molecule has 4 nitrogen and oxygen atoms in total. The van der Waals surface area contributed by atoms with Crippen molar-refractivity contribution in [2.45, 2.75) is 32.7 Å². The third kappa shape index (κ3) is 3.90. The normalized spacial score (nSPS) is 12.6. The number of nitrogens with zero attached hydrogens (tertiary/aromatic N) is 3. The van der Waals surface area contributed by atoms with E-state index in [2.05, 4.69) is 63.6 Å². The summed E-state index contributed by atoms with van der Waals surface area (Å²) < 4.78 is 2.89. The van der Waals surface area contributed by atoms with Gasteiger partial charge in [-0.1, -0.05) is 40.2 Å². The van der Waals surface area contributed by atoms with Gasteiger partial charge in [-0.25, -0.2) is 0 Å². The quantitative estimate of drug-likeness (QED) is 0.880. The first-order valence-corrected chi connectivity index (χ1v) is 7.74. The van der Waals surface area contributed by atoms with Gasteiger partial charge in [0.1, 0.15) is 0 Å². The molecule has 1 atom stereocenters. The summed E-state index contributed by atoms with van der Waals surface area (Å²) >= 11 is 3.68. The Hall–Kier alpha value is -1.20. The Morgan fingerprint density at radius 1 is 1.40 bits per heavy atom. The maximum atomic E-state index is 4.19. The Kier molecular flexibility index (Phi) is 5.31. The van der Waals surface area contributed by atoms with Crippen LogP contribution in [-0.4, -0.2) is 21.5 Å². The zero-order valence-corrected chi connectivity index (χ0v) is 13.8. The van der Waals surface area contributed by atoms with E-state index in [9.17, 15) is 0 Å². The molecule has 2 rings (SSSR count). The van der Waals surface area contributed by atoms with Crippen molar-refractivity contribution >= 4 is 15.9 Å². The molecule has 0 bridgehead atoms. The summed E-state index contributed by atoms with van der Waals surface area (Å²) in [6.45, 7) is 5.27. The molecule has 0 fully saturated rings. The van der Waals surface area contributed by atoms with Crippen molar-refractivity contribution < 1.29 is 0 Å². The maximum Gasteiger partial charge on any atom is 0.0845 e. The van der Waals surface area contributed by atoms with Crippen LogP contribution in [0.3, 0.4) is 0 Å². The Bertz CT molecular complexity index is 565. The molecule has 0 spiro atoms. The molecule has 1 unspecified atom stereocenters. The van der Waals surface area contributed by atoms with E-state index in [1.807, 2.05) is 13.2 Å². The van der Waals surface area contributed by atoms with E-state index in [-0.39, 0.29) is 6.04 Å². The zero-order chi connectivity index (χ0) is 14.5. The van der Waals surface area contributed by atoms with Gasteiger partial charge in [0.25, 0.3) is 0 Å². The molecular formula is C15H21BrN4. The molecule has 0 radical (unpaired) electrons. The molecule has 0 aliphatic carbocycles. The largest absolute Gasteiger partial charge is 0.310 e. The Labute approximate surface area is 128 Å². The second kappa shape index (κ2) is 6.99. The van der Waals surface area contributed by atoms with E-state index in [0.29, 0.717) is 0 Å². The fourth-order valence-electron chi connectivity index (χ4n) is 2.22. The lowest BCUT2D eigenvalue weighted by atomic mass is 10.0. The minimum absolute atomic E-state index is 0.252. The first-order chi connectivity index (χ1) is 9.60. The molecular weight excluding hydrogens is 316 g/mol. The number of hydrogen-bond donors (Lipinski definition) is 1. The molecule has 108 valence electrons. The highest BCUT2D eigenvalue weighted by Gasteiger charge is 2.16. The van der Waals surface area contributed by atoms with Crippen molar-refractivity contribution in [1.82, 2.24) is 20.3 Å². The first kappa shape index (κ1) is 15.2. The van der Waals surface area contributed by atoms with Crippen LogP contribution >= 0.6 is 15.9 Å². The van der Waals surface area contributed by atoms with Crippen LogP contribution in [0.2, 0.25) is 0 Å². The number of hydrogen-bond acceptors (Lipinski definition) is 3. The van der Waals surface area contributed by atoms with Crippen LogP contribution in [0.5, 0.6) is 0 Å². The van der Waals surface area contributed by atoms with E-state index in [4.69, 9.17) is 0 Å². The number of rotatable bonds is 6. The van der Waals surface area contributed by atoms with E-state index in [1.165, 1.54) is 11.1 Å². The second-order valence-corrected chi connectivity index (χ2v) is 5.97. The molecule has 0 aliphatic rings. The molecule has 5 heteroatoms. The molecule has 1 aromatic heterocycles. The van der Waals surface area contributed by atoms with Gasteiger partial charge in [0.05, 0.1) is 5.69 Å². The molecule has 20 heavy (non-hydrogen) atoms. The lowest BCUT2D eigenvalue weighted by Crippen LogP contribution is -2.24. The second-order valence-electron chi connectivity index (χ2n) is 5.12. The van der Waals surface area contributed by atoms with Crippen molar-refractivity contribution in [2.24, 2.45) is 7.05 Å². The Balaban J connectivity index is 2.22. The molecule has 2 aromatic rings. The average molecular weight is 337 g/mol. The topological polar surface area (TPSA) is 42.7 Å². The van der Waals surface area contributed by atoms with Crippen LogP contribution in [0.25, 0.3) is 0 Å². The lowest BCUT2D eigenvalue weighted by molar-refractivity contribution is 0.522. The van der Waals surface area contributed by atoms with E-state index < -0.39 is 0 Å². The summed E-state index contributed by atoms with van der Waals surface area (Å²) in [5, 5.41) is 11.8. The summed E-state index contributed by atoms with van der Waals surface area (Å²) in [5.41, 5.74) is 3.54. The zero-order valence-electron chi connectivity index (χ0n) is 12.2. The molecule has 0 saturated carbocycles. The average Bonchev–Trinajstić information content (AvgIpc) is 2.80. The van der Waals surface area contributed by atoms with E-state index in [0.717, 1.165) is 29.6 Å². The summed E-state index contributed by atoms with van der Waals surface area (Å²) in [6, 6.07) is 6.74. The van der Waals surface area contributed by atoms with Crippen molar-refractivity contribution in [3.63, 3.8) is 0 Å². The standard InChI is InChI=1S/C15H21BrN4/c1-4-7-17-15(9-12-10-20(3)19-18-12)13-6-5-11(2)8-14(13)16/h5-6,8,10,15,17H,4,7,9H2,1-3H3. The van der Waals surface area contributed by atoms with Crippen LogP contribution in [0, 0.1) is 6.92 Å². The van der Waals surface area contributed by atoms with Crippen LogP contribution in [0.4, 0.5) is 0 Å². The minimum Gasteiger partial charge on any atom is -0.310 e. The van der Waals surface area contributed by atoms with Crippen LogP contribution in [0.1, 0.15) is 36.2 Å². The Morgan fingerprint density at radius 3 is 2.80 bits per heavy atom. The summed E-state index contributed by atoms with van der Waals surface area (Å²) in [6.07, 6.45) is 3.93. The molecule has 0 aliphatic heterocycles. The van der Waals surface area contributed by atoms with E-state index in [1.54, 1.807) is 4.68 Å². The van der Waals surface area contributed by atoms with Gasteiger partial charge in [-0.2, -0.15) is 0 Å². The SMILES string of the molecule is CCCNC(Cc1cn(C)nn1)c1ccc(C)cc1Br. The number of benzene rings is 1. The number of aromatic nitrogens is 3. The summed E-state index contributed by atoms with van der Waals surface area (Å²) in [4.78, 5) is 0. The predicted molar refractivity (Wildman–Crippen MR) is 84.6 cm³/mol. The summed E-state index contributed by atoms with van der Waals surface area (Å²) in [5.74, 6) is 0. The van der Waals surface area contributed by atoms with Gasteiger partial charge in [-0.15, -0.1) is 5.10 Å². The fourth-order valence-corrected chi connectivity index (χ4v) is 2.99. The minimum atomic E-state index is 0.252. The van der Waals surface area contributed by atoms with Gasteiger partial charge in [0.15, 0.2) is 0 Å². The van der Waals surface area contributed by atoms with Crippen molar-refractivity contribution in [3.05, 3.63) is 45.7 Å². The fraction of sp³-hybridized carbons (Fsp3) is 0.467. The van der Waals surface area contributed by atoms with Crippen molar-refractivity contribution in [2.75, 3.05) is 6.54 Å². The molecule has 1 N–H and O–H groups in total. The molecule has 0 saturated heterocycles. The lowest BCUT2D eigenvalue weighted by Gasteiger charge is -2.19. The highest BCUT2D eigenvalue weighted by atomic mass is 79.9. The highest BCUT2D eigenvalue weighted by molar-refractivity contribution is 9.10. The first-order valence-electron chi connectivity index (χ1n) is 6.94. The molecule has 0 amide bonds. The predicted octanol–water partition coefficient (Wildman–Crippen LogP) is 3.17. The van der Waals surface area contributed by atoms with Crippen LogP contribution in [-0.2, 0) is 13.5 Å². The molecule has 1 heterocycles. The van der Waals surface area contributed by atoms with Crippen molar-refractivity contribution in [1.29, 1.82) is 0 Å². The van der Waals surface area contributed by atoms with Gasteiger partial charge < -0.3 is 5.32 Å². The van der Waals surface area contributed by atoms with Crippen molar-refractivity contribution in [3.8, 4) is 0 Å². The van der Waals surface area contributed by atoms with Gasteiger partial charge in [-0.3, -0.25) is 4.68 Å². The number of aryl methyl sites for hydroxylation is 2. The third-order valence-electron chi connectivity index (χ3n) is 3.24. The maximum absolute atomic E-state index is 4.19.